The number of halogens is 1. The fraction of sp³-hybridized carbons (Fsp3) is 0.130. The monoisotopic (exact) mass is 471 g/mol. The Hall–Kier alpha value is -3.36. The summed E-state index contributed by atoms with van der Waals surface area (Å²) in [6, 6.07) is 17.4. The molecule has 9 heteroatoms. The molecule has 0 saturated heterocycles. The number of primary amides is 1. The van der Waals surface area contributed by atoms with Crippen molar-refractivity contribution in [2.75, 3.05) is 16.2 Å². The summed E-state index contributed by atoms with van der Waals surface area (Å²) in [5.74, 6) is -1.36. The third-order valence-corrected chi connectivity index (χ3v) is 7.05. The lowest BCUT2D eigenvalue weighted by molar-refractivity contribution is -0.114. The first-order valence-electron chi connectivity index (χ1n) is 9.64. The number of hydrogen-bond acceptors (Lipinski definition) is 4. The topological polar surface area (TPSA) is 110 Å². The zero-order valence-electron chi connectivity index (χ0n) is 17.5. The lowest BCUT2D eigenvalue weighted by atomic mass is 10.1. The molecule has 0 fully saturated rings. The molecule has 0 radical (unpaired) electrons. The third kappa shape index (κ3) is 4.92. The van der Waals surface area contributed by atoms with Crippen LogP contribution in [0.25, 0.3) is 0 Å². The number of nitrogens with zero attached hydrogens (tertiary/aromatic N) is 1. The number of nitrogens with two attached hydrogens (primary N) is 1. The van der Waals surface area contributed by atoms with Gasteiger partial charge in [0.05, 0.1) is 21.8 Å². The lowest BCUT2D eigenvalue weighted by Gasteiger charge is -2.26. The number of aryl methyl sites for hydroxylation is 1. The van der Waals surface area contributed by atoms with Crippen molar-refractivity contribution >= 4 is 44.8 Å². The summed E-state index contributed by atoms with van der Waals surface area (Å²) in [4.78, 5) is 24.6. The van der Waals surface area contributed by atoms with E-state index in [1.54, 1.807) is 49.4 Å². The van der Waals surface area contributed by atoms with Crippen LogP contribution in [0.15, 0.2) is 71.6 Å². The summed E-state index contributed by atoms with van der Waals surface area (Å²) in [7, 11) is -4.10. The van der Waals surface area contributed by atoms with Crippen LogP contribution in [-0.4, -0.2) is 26.8 Å². The van der Waals surface area contributed by atoms with Gasteiger partial charge in [0, 0.05) is 5.02 Å². The van der Waals surface area contributed by atoms with Crippen molar-refractivity contribution < 1.29 is 18.0 Å². The van der Waals surface area contributed by atoms with Crippen LogP contribution in [0.5, 0.6) is 0 Å². The molecule has 0 heterocycles. The Morgan fingerprint density at radius 2 is 1.62 bits per heavy atom. The van der Waals surface area contributed by atoms with E-state index in [0.717, 1.165) is 9.87 Å². The van der Waals surface area contributed by atoms with E-state index >= 15 is 0 Å². The highest BCUT2D eigenvalue weighted by molar-refractivity contribution is 7.92. The highest BCUT2D eigenvalue weighted by Gasteiger charge is 2.29. The van der Waals surface area contributed by atoms with E-state index in [0.29, 0.717) is 10.6 Å². The van der Waals surface area contributed by atoms with Gasteiger partial charge in [-0.15, -0.1) is 0 Å². The second kappa shape index (κ2) is 9.42. The summed E-state index contributed by atoms with van der Waals surface area (Å²) < 4.78 is 28.0. The van der Waals surface area contributed by atoms with E-state index in [4.69, 9.17) is 17.3 Å². The van der Waals surface area contributed by atoms with Crippen LogP contribution in [-0.2, 0) is 14.8 Å². The van der Waals surface area contributed by atoms with E-state index in [9.17, 15) is 18.0 Å². The Labute approximate surface area is 191 Å². The SMILES string of the molecule is Cc1ccc(S(=O)(=O)N(CC(=O)Nc2ccccc2C(N)=O)c2cccc(Cl)c2C)cc1. The minimum atomic E-state index is -4.10. The minimum Gasteiger partial charge on any atom is -0.366 e. The van der Waals surface area contributed by atoms with Gasteiger partial charge in [-0.25, -0.2) is 8.42 Å². The van der Waals surface area contributed by atoms with E-state index in [-0.39, 0.29) is 21.8 Å². The molecule has 166 valence electrons. The van der Waals surface area contributed by atoms with Gasteiger partial charge < -0.3 is 11.1 Å². The number of anilines is 2. The predicted molar refractivity (Wildman–Crippen MR) is 125 cm³/mol. The number of para-hydroxylation sites is 1. The molecular formula is C23H22ClN3O4S. The number of rotatable bonds is 7. The van der Waals surface area contributed by atoms with Crippen LogP contribution in [0.4, 0.5) is 11.4 Å². The maximum absolute atomic E-state index is 13.5. The third-order valence-electron chi connectivity index (χ3n) is 4.87. The summed E-state index contributed by atoms with van der Waals surface area (Å²) in [6.45, 7) is 2.99. The standard InChI is InChI=1S/C23H22ClN3O4S/c1-15-10-12-17(13-11-15)32(30,31)27(21-9-5-7-19(24)16(21)2)14-22(28)26-20-8-4-3-6-18(20)23(25)29/h3-13H,14H2,1-2H3,(H2,25,29)(H,26,28). The summed E-state index contributed by atoms with van der Waals surface area (Å²) >= 11 is 6.22. The fourth-order valence-corrected chi connectivity index (χ4v) is 4.78. The maximum Gasteiger partial charge on any atom is 0.264 e. The van der Waals surface area contributed by atoms with Gasteiger partial charge in [-0.1, -0.05) is 47.5 Å². The van der Waals surface area contributed by atoms with Gasteiger partial charge in [0.25, 0.3) is 15.9 Å². The molecule has 0 atom stereocenters. The summed E-state index contributed by atoms with van der Waals surface area (Å²) in [5, 5.41) is 2.95. The molecule has 0 spiro atoms. The van der Waals surface area contributed by atoms with Crippen molar-refractivity contribution in [1.82, 2.24) is 0 Å². The molecule has 0 aliphatic rings. The van der Waals surface area contributed by atoms with Crippen molar-refractivity contribution in [1.29, 1.82) is 0 Å². The second-order valence-electron chi connectivity index (χ2n) is 7.17. The first kappa shape index (κ1) is 23.3. The van der Waals surface area contributed by atoms with Gasteiger partial charge in [-0.3, -0.25) is 13.9 Å². The Bertz CT molecular complexity index is 1270. The first-order valence-corrected chi connectivity index (χ1v) is 11.5. The van der Waals surface area contributed by atoms with Gasteiger partial charge >= 0.3 is 0 Å². The molecule has 32 heavy (non-hydrogen) atoms. The maximum atomic E-state index is 13.5. The molecule has 3 aromatic rings. The fourth-order valence-electron chi connectivity index (χ4n) is 3.13. The number of nitrogens with one attached hydrogen (secondary N) is 1. The molecule has 0 aliphatic carbocycles. The Kier molecular flexibility index (Phi) is 6.86. The average Bonchev–Trinajstić information content (AvgIpc) is 2.75. The van der Waals surface area contributed by atoms with Crippen molar-refractivity contribution in [2.24, 2.45) is 5.73 Å². The number of sulfonamides is 1. The Morgan fingerprint density at radius 3 is 2.28 bits per heavy atom. The van der Waals surface area contributed by atoms with Crippen LogP contribution < -0.4 is 15.4 Å². The molecule has 0 unspecified atom stereocenters. The van der Waals surface area contributed by atoms with Gasteiger partial charge in [0.2, 0.25) is 5.91 Å². The quantitative estimate of drug-likeness (QED) is 0.544. The van der Waals surface area contributed by atoms with Crippen LogP contribution >= 0.6 is 11.6 Å². The number of hydrogen-bond donors (Lipinski definition) is 2. The highest BCUT2D eigenvalue weighted by atomic mass is 35.5. The van der Waals surface area contributed by atoms with E-state index < -0.39 is 28.4 Å². The zero-order chi connectivity index (χ0) is 23.5. The number of amides is 2. The summed E-state index contributed by atoms with van der Waals surface area (Å²) in [6.07, 6.45) is 0. The van der Waals surface area contributed by atoms with Crippen LogP contribution in [0.1, 0.15) is 21.5 Å². The normalized spacial score (nSPS) is 11.1. The summed E-state index contributed by atoms with van der Waals surface area (Å²) in [5.41, 5.74) is 7.36. The Morgan fingerprint density at radius 1 is 0.969 bits per heavy atom. The number of benzene rings is 3. The van der Waals surface area contributed by atoms with Gasteiger partial charge in [0.15, 0.2) is 0 Å². The number of carbonyl (C=O) groups is 2. The van der Waals surface area contributed by atoms with Gasteiger partial charge in [-0.05, 0) is 55.8 Å². The van der Waals surface area contributed by atoms with E-state index in [2.05, 4.69) is 5.32 Å². The highest BCUT2D eigenvalue weighted by Crippen LogP contribution is 2.31. The molecule has 3 rings (SSSR count). The molecule has 7 nitrogen and oxygen atoms in total. The molecular weight excluding hydrogens is 450 g/mol. The first-order chi connectivity index (χ1) is 15.1. The molecule has 3 aromatic carbocycles. The average molecular weight is 472 g/mol. The van der Waals surface area contributed by atoms with Gasteiger partial charge in [-0.2, -0.15) is 0 Å². The number of carbonyl (C=O) groups excluding carboxylic acids is 2. The molecule has 3 N–H and O–H groups in total. The Balaban J connectivity index is 2.02. The van der Waals surface area contributed by atoms with Crippen molar-refractivity contribution in [3.05, 3.63) is 88.4 Å². The van der Waals surface area contributed by atoms with Crippen LogP contribution in [0.3, 0.4) is 0 Å². The zero-order valence-corrected chi connectivity index (χ0v) is 19.1. The molecule has 0 saturated carbocycles. The minimum absolute atomic E-state index is 0.0350. The van der Waals surface area contributed by atoms with Crippen molar-refractivity contribution in [3.8, 4) is 0 Å². The van der Waals surface area contributed by atoms with Crippen LogP contribution in [0.2, 0.25) is 5.02 Å². The molecule has 2 amide bonds. The van der Waals surface area contributed by atoms with E-state index in [1.165, 1.54) is 24.3 Å². The predicted octanol–water partition coefficient (Wildman–Crippen LogP) is 3.89. The van der Waals surface area contributed by atoms with Gasteiger partial charge in [0.1, 0.15) is 6.54 Å². The smallest absolute Gasteiger partial charge is 0.264 e. The molecule has 0 aliphatic heterocycles. The lowest BCUT2D eigenvalue weighted by Crippen LogP contribution is -2.38. The van der Waals surface area contributed by atoms with Crippen molar-refractivity contribution in [2.45, 2.75) is 18.7 Å². The van der Waals surface area contributed by atoms with E-state index in [1.807, 2.05) is 6.92 Å². The van der Waals surface area contributed by atoms with Crippen LogP contribution in [0, 0.1) is 13.8 Å². The van der Waals surface area contributed by atoms with Crippen molar-refractivity contribution in [3.63, 3.8) is 0 Å². The largest absolute Gasteiger partial charge is 0.366 e. The molecule has 0 aromatic heterocycles. The second-order valence-corrected chi connectivity index (χ2v) is 9.44. The molecule has 0 bridgehead atoms.